The van der Waals surface area contributed by atoms with E-state index in [2.05, 4.69) is 28.1 Å². The summed E-state index contributed by atoms with van der Waals surface area (Å²) in [5.74, 6) is 0.634. The zero-order valence-electron chi connectivity index (χ0n) is 10.5. The Morgan fingerprint density at radius 3 is 2.58 bits per heavy atom. The summed E-state index contributed by atoms with van der Waals surface area (Å²) in [4.78, 5) is 0.724. The van der Waals surface area contributed by atoms with E-state index in [1.54, 1.807) is 6.07 Å². The molecule has 1 unspecified atom stereocenters. The first-order valence-corrected chi connectivity index (χ1v) is 8.25. The molecule has 0 radical (unpaired) electrons. The molecule has 1 atom stereocenters. The lowest BCUT2D eigenvalue weighted by Crippen LogP contribution is -2.03. The Kier molecular flexibility index (Phi) is 5.16. The molecule has 0 aliphatic rings. The monoisotopic (exact) mass is 337 g/mol. The minimum absolute atomic E-state index is 0.598. The van der Waals surface area contributed by atoms with E-state index in [1.807, 2.05) is 30.3 Å². The highest BCUT2D eigenvalue weighted by atomic mass is 79.9. The molecule has 0 amide bonds. The van der Waals surface area contributed by atoms with Gasteiger partial charge < -0.3 is 5.73 Å². The summed E-state index contributed by atoms with van der Waals surface area (Å²) in [5.41, 5.74) is 7.74. The second kappa shape index (κ2) is 6.87. The molecular weight excluding hydrogens is 322 g/mol. The maximum absolute atomic E-state index is 12.2. The van der Waals surface area contributed by atoms with Gasteiger partial charge in [0.15, 0.2) is 0 Å². The largest absolute Gasteiger partial charge is 0.398 e. The van der Waals surface area contributed by atoms with Crippen molar-refractivity contribution in [3.63, 3.8) is 0 Å². The lowest BCUT2D eigenvalue weighted by molar-refractivity contribution is 0.680. The number of anilines is 1. The molecule has 0 bridgehead atoms. The normalized spacial score (nSPS) is 12.3. The average molecular weight is 338 g/mol. The Morgan fingerprint density at radius 1 is 1.11 bits per heavy atom. The van der Waals surface area contributed by atoms with Crippen LogP contribution in [0.5, 0.6) is 0 Å². The second-order valence-corrected chi connectivity index (χ2v) is 6.78. The lowest BCUT2D eigenvalue weighted by Gasteiger charge is -2.06. The first-order valence-electron chi connectivity index (χ1n) is 6.14. The van der Waals surface area contributed by atoms with Gasteiger partial charge in [-0.05, 0) is 36.6 Å². The molecule has 0 saturated carbocycles. The molecule has 0 aliphatic heterocycles. The van der Waals surface area contributed by atoms with Gasteiger partial charge in [-0.3, -0.25) is 4.21 Å². The lowest BCUT2D eigenvalue weighted by atomic mass is 10.1. The van der Waals surface area contributed by atoms with E-state index < -0.39 is 10.8 Å². The molecule has 0 heterocycles. The van der Waals surface area contributed by atoms with E-state index in [-0.39, 0.29) is 0 Å². The zero-order chi connectivity index (χ0) is 13.7. The fraction of sp³-hybridized carbons (Fsp3) is 0.200. The van der Waals surface area contributed by atoms with Crippen molar-refractivity contribution in [3.8, 4) is 0 Å². The van der Waals surface area contributed by atoms with Crippen LogP contribution in [0.15, 0.2) is 57.9 Å². The van der Waals surface area contributed by atoms with Gasteiger partial charge >= 0.3 is 0 Å². The SMILES string of the molecule is Nc1ccc(Br)cc1S(=O)CCCc1ccccc1. The maximum atomic E-state index is 12.2. The van der Waals surface area contributed by atoms with Crippen LogP contribution in [0.4, 0.5) is 5.69 Å². The quantitative estimate of drug-likeness (QED) is 0.844. The molecule has 2 aromatic rings. The van der Waals surface area contributed by atoms with Gasteiger partial charge in [0, 0.05) is 15.9 Å². The van der Waals surface area contributed by atoms with Crippen molar-refractivity contribution in [2.24, 2.45) is 0 Å². The van der Waals surface area contributed by atoms with Crippen LogP contribution in [0.25, 0.3) is 0 Å². The van der Waals surface area contributed by atoms with E-state index in [1.165, 1.54) is 5.56 Å². The maximum Gasteiger partial charge on any atom is 0.0628 e. The summed E-state index contributed by atoms with van der Waals surface area (Å²) in [6, 6.07) is 15.7. The van der Waals surface area contributed by atoms with Crippen LogP contribution in [-0.2, 0) is 17.2 Å². The highest BCUT2D eigenvalue weighted by Gasteiger charge is 2.08. The molecule has 0 spiro atoms. The predicted octanol–water partition coefficient (Wildman–Crippen LogP) is 3.77. The molecule has 4 heteroatoms. The predicted molar refractivity (Wildman–Crippen MR) is 84.6 cm³/mol. The van der Waals surface area contributed by atoms with Crippen molar-refractivity contribution >= 4 is 32.4 Å². The van der Waals surface area contributed by atoms with E-state index in [9.17, 15) is 4.21 Å². The zero-order valence-corrected chi connectivity index (χ0v) is 12.9. The molecule has 0 aromatic heterocycles. The molecule has 0 saturated heterocycles. The number of benzene rings is 2. The summed E-state index contributed by atoms with van der Waals surface area (Å²) in [6.07, 6.45) is 1.84. The molecule has 2 nitrogen and oxygen atoms in total. The Hall–Kier alpha value is -1.13. The molecule has 2 aromatic carbocycles. The Balaban J connectivity index is 1.93. The standard InChI is InChI=1S/C15H16BrNOS/c16-13-8-9-14(17)15(11-13)19(18)10-4-7-12-5-2-1-3-6-12/h1-3,5-6,8-9,11H,4,7,10,17H2. The van der Waals surface area contributed by atoms with Crippen LogP contribution in [0.3, 0.4) is 0 Å². The average Bonchev–Trinajstić information content (AvgIpc) is 2.42. The minimum Gasteiger partial charge on any atom is -0.398 e. The van der Waals surface area contributed by atoms with Crippen LogP contribution < -0.4 is 5.73 Å². The first kappa shape index (κ1) is 14.3. The van der Waals surface area contributed by atoms with E-state index in [4.69, 9.17) is 5.73 Å². The molecular formula is C15H16BrNOS. The number of hydrogen-bond acceptors (Lipinski definition) is 2. The van der Waals surface area contributed by atoms with Crippen molar-refractivity contribution in [1.29, 1.82) is 0 Å². The van der Waals surface area contributed by atoms with E-state index in [0.29, 0.717) is 11.4 Å². The van der Waals surface area contributed by atoms with Gasteiger partial charge in [-0.2, -0.15) is 0 Å². The number of hydrogen-bond donors (Lipinski definition) is 1. The number of nitrogen functional groups attached to an aromatic ring is 1. The van der Waals surface area contributed by atoms with Crippen molar-refractivity contribution < 1.29 is 4.21 Å². The van der Waals surface area contributed by atoms with Crippen LogP contribution in [0, 0.1) is 0 Å². The Labute approximate surface area is 124 Å². The van der Waals surface area contributed by atoms with Gasteiger partial charge in [-0.1, -0.05) is 46.3 Å². The molecule has 2 N–H and O–H groups in total. The molecule has 0 aliphatic carbocycles. The second-order valence-electron chi connectivity index (χ2n) is 4.32. The van der Waals surface area contributed by atoms with Crippen LogP contribution in [0.2, 0.25) is 0 Å². The summed E-state index contributed by atoms with van der Waals surface area (Å²) >= 11 is 3.38. The summed E-state index contributed by atoms with van der Waals surface area (Å²) < 4.78 is 13.1. The van der Waals surface area contributed by atoms with Crippen LogP contribution >= 0.6 is 15.9 Å². The third kappa shape index (κ3) is 4.18. The van der Waals surface area contributed by atoms with E-state index in [0.717, 1.165) is 22.2 Å². The van der Waals surface area contributed by atoms with Gasteiger partial charge in [0.05, 0.1) is 15.7 Å². The minimum atomic E-state index is -1.03. The van der Waals surface area contributed by atoms with Crippen LogP contribution in [0.1, 0.15) is 12.0 Å². The van der Waals surface area contributed by atoms with Gasteiger partial charge in [-0.25, -0.2) is 0 Å². The van der Waals surface area contributed by atoms with Gasteiger partial charge in [-0.15, -0.1) is 0 Å². The summed E-state index contributed by atoms with van der Waals surface area (Å²) in [5, 5.41) is 0. The van der Waals surface area contributed by atoms with Gasteiger partial charge in [0.2, 0.25) is 0 Å². The Bertz CT molecular complexity index is 572. The number of halogens is 1. The van der Waals surface area contributed by atoms with Gasteiger partial charge in [0.25, 0.3) is 0 Å². The highest BCUT2D eigenvalue weighted by Crippen LogP contribution is 2.22. The fourth-order valence-electron chi connectivity index (χ4n) is 1.87. The third-order valence-electron chi connectivity index (χ3n) is 2.86. The van der Waals surface area contributed by atoms with Gasteiger partial charge in [0.1, 0.15) is 0 Å². The highest BCUT2D eigenvalue weighted by molar-refractivity contribution is 9.10. The van der Waals surface area contributed by atoms with Crippen molar-refractivity contribution in [2.45, 2.75) is 17.7 Å². The van der Waals surface area contributed by atoms with Crippen LogP contribution in [-0.4, -0.2) is 9.96 Å². The topological polar surface area (TPSA) is 43.1 Å². The fourth-order valence-corrected chi connectivity index (χ4v) is 3.60. The van der Waals surface area contributed by atoms with Crippen molar-refractivity contribution in [1.82, 2.24) is 0 Å². The summed E-state index contributed by atoms with van der Waals surface area (Å²) in [7, 11) is -1.03. The smallest absolute Gasteiger partial charge is 0.0628 e. The molecule has 19 heavy (non-hydrogen) atoms. The molecule has 100 valence electrons. The first-order chi connectivity index (χ1) is 9.16. The molecule has 0 fully saturated rings. The third-order valence-corrected chi connectivity index (χ3v) is 4.86. The van der Waals surface area contributed by atoms with Crippen molar-refractivity contribution in [3.05, 3.63) is 58.6 Å². The summed E-state index contributed by atoms with van der Waals surface area (Å²) in [6.45, 7) is 0. The number of nitrogens with two attached hydrogens (primary N) is 1. The van der Waals surface area contributed by atoms with E-state index >= 15 is 0 Å². The van der Waals surface area contributed by atoms with Crippen molar-refractivity contribution in [2.75, 3.05) is 11.5 Å². The Morgan fingerprint density at radius 2 is 1.84 bits per heavy atom. The number of aryl methyl sites for hydroxylation is 1. The molecule has 2 rings (SSSR count). The number of rotatable bonds is 5.